The highest BCUT2D eigenvalue weighted by Crippen LogP contribution is 2.20. The maximum absolute atomic E-state index is 12.9. The molecule has 0 spiro atoms. The summed E-state index contributed by atoms with van der Waals surface area (Å²) in [4.78, 5) is 28.8. The number of amides is 1. The number of esters is 1. The topological polar surface area (TPSA) is 49.9 Å². The standard InChI is InChI=1S/C23H27ClN2O3/c1-16-13-25(15-18-7-9-20(10-8-18)23(28)29-3)14-17(2)26(16)22(27)12-19-5-4-6-21(24)11-19/h4-11,16-17H,12-15H2,1-3H3/t16-,17+. The first-order valence-corrected chi connectivity index (χ1v) is 10.2. The first-order chi connectivity index (χ1) is 13.9. The Morgan fingerprint density at radius 1 is 1.03 bits per heavy atom. The predicted molar refractivity (Wildman–Crippen MR) is 114 cm³/mol. The van der Waals surface area contributed by atoms with Gasteiger partial charge in [-0.15, -0.1) is 0 Å². The van der Waals surface area contributed by atoms with Crippen LogP contribution < -0.4 is 0 Å². The van der Waals surface area contributed by atoms with E-state index in [-0.39, 0.29) is 24.0 Å². The SMILES string of the molecule is COC(=O)c1ccc(CN2C[C@@H](C)N(C(=O)Cc3cccc(Cl)c3)[C@@H](C)C2)cc1. The van der Waals surface area contributed by atoms with Gasteiger partial charge in [-0.05, 0) is 49.2 Å². The Balaban J connectivity index is 1.60. The van der Waals surface area contributed by atoms with Crippen LogP contribution >= 0.6 is 11.6 Å². The van der Waals surface area contributed by atoms with Crippen LogP contribution in [0.3, 0.4) is 0 Å². The minimum Gasteiger partial charge on any atom is -0.465 e. The zero-order valence-electron chi connectivity index (χ0n) is 17.1. The molecule has 1 fully saturated rings. The predicted octanol–water partition coefficient (Wildman–Crippen LogP) is 3.79. The van der Waals surface area contributed by atoms with Gasteiger partial charge >= 0.3 is 5.97 Å². The lowest BCUT2D eigenvalue weighted by Gasteiger charge is -2.44. The average molecular weight is 415 g/mol. The minimum absolute atomic E-state index is 0.125. The van der Waals surface area contributed by atoms with Crippen molar-refractivity contribution in [1.29, 1.82) is 0 Å². The van der Waals surface area contributed by atoms with E-state index in [9.17, 15) is 9.59 Å². The number of piperazine rings is 1. The van der Waals surface area contributed by atoms with Crippen molar-refractivity contribution in [3.05, 3.63) is 70.2 Å². The Labute approximate surface area is 177 Å². The lowest BCUT2D eigenvalue weighted by molar-refractivity contribution is -0.138. The van der Waals surface area contributed by atoms with Gasteiger partial charge in [-0.2, -0.15) is 0 Å². The number of carbonyl (C=O) groups is 2. The van der Waals surface area contributed by atoms with E-state index in [4.69, 9.17) is 16.3 Å². The number of hydrogen-bond donors (Lipinski definition) is 0. The Hall–Kier alpha value is -2.37. The van der Waals surface area contributed by atoms with Gasteiger partial charge in [-0.25, -0.2) is 4.79 Å². The van der Waals surface area contributed by atoms with Crippen LogP contribution in [-0.2, 0) is 22.5 Å². The van der Waals surface area contributed by atoms with Crippen molar-refractivity contribution >= 4 is 23.5 Å². The maximum Gasteiger partial charge on any atom is 0.337 e. The molecule has 1 heterocycles. The number of methoxy groups -OCH3 is 1. The average Bonchev–Trinajstić information content (AvgIpc) is 2.67. The molecule has 2 atom stereocenters. The van der Waals surface area contributed by atoms with Gasteiger partial charge in [0, 0.05) is 36.7 Å². The second-order valence-corrected chi connectivity index (χ2v) is 8.12. The van der Waals surface area contributed by atoms with Crippen molar-refractivity contribution in [2.24, 2.45) is 0 Å². The third-order valence-electron chi connectivity index (χ3n) is 5.31. The summed E-state index contributed by atoms with van der Waals surface area (Å²) in [5.74, 6) is -0.194. The number of hydrogen-bond acceptors (Lipinski definition) is 4. The van der Waals surface area contributed by atoms with Crippen molar-refractivity contribution in [3.8, 4) is 0 Å². The van der Waals surface area contributed by atoms with E-state index < -0.39 is 0 Å². The number of benzene rings is 2. The molecule has 0 radical (unpaired) electrons. The molecule has 0 aromatic heterocycles. The second kappa shape index (κ2) is 9.42. The summed E-state index contributed by atoms with van der Waals surface area (Å²) in [6, 6.07) is 15.2. The highest BCUT2D eigenvalue weighted by atomic mass is 35.5. The molecule has 0 saturated carbocycles. The monoisotopic (exact) mass is 414 g/mol. The van der Waals surface area contributed by atoms with Gasteiger partial charge in [-0.1, -0.05) is 35.9 Å². The lowest BCUT2D eigenvalue weighted by atomic mass is 10.0. The first-order valence-electron chi connectivity index (χ1n) is 9.82. The molecule has 2 aromatic carbocycles. The molecule has 5 nitrogen and oxygen atoms in total. The van der Waals surface area contributed by atoms with E-state index in [0.29, 0.717) is 17.0 Å². The minimum atomic E-state index is -0.328. The fourth-order valence-corrected chi connectivity index (χ4v) is 4.30. The summed E-state index contributed by atoms with van der Waals surface area (Å²) in [6.07, 6.45) is 0.365. The van der Waals surface area contributed by atoms with Crippen LogP contribution in [0.1, 0.15) is 35.3 Å². The number of ether oxygens (including phenoxy) is 1. The summed E-state index contributed by atoms with van der Waals surface area (Å²) in [5, 5.41) is 0.652. The van der Waals surface area contributed by atoms with Gasteiger partial charge < -0.3 is 9.64 Å². The quantitative estimate of drug-likeness (QED) is 0.698. The lowest BCUT2D eigenvalue weighted by Crippen LogP contribution is -2.58. The molecule has 1 aliphatic rings. The molecule has 6 heteroatoms. The normalized spacial score (nSPS) is 19.8. The van der Waals surface area contributed by atoms with Crippen molar-refractivity contribution in [2.45, 2.75) is 38.9 Å². The molecule has 154 valence electrons. The molecular weight excluding hydrogens is 388 g/mol. The molecule has 1 amide bonds. The Morgan fingerprint density at radius 2 is 1.69 bits per heavy atom. The van der Waals surface area contributed by atoms with E-state index in [1.54, 1.807) is 12.1 Å². The molecule has 2 aromatic rings. The Kier molecular flexibility index (Phi) is 6.93. The van der Waals surface area contributed by atoms with Gasteiger partial charge in [0.2, 0.25) is 5.91 Å². The Morgan fingerprint density at radius 3 is 2.28 bits per heavy atom. The van der Waals surface area contributed by atoms with Gasteiger partial charge in [0.05, 0.1) is 19.1 Å². The molecule has 0 N–H and O–H groups in total. The van der Waals surface area contributed by atoms with Crippen LogP contribution in [0.15, 0.2) is 48.5 Å². The molecule has 0 unspecified atom stereocenters. The van der Waals surface area contributed by atoms with Gasteiger partial charge in [-0.3, -0.25) is 9.69 Å². The molecule has 3 rings (SSSR count). The van der Waals surface area contributed by atoms with E-state index in [0.717, 1.165) is 30.8 Å². The Bertz CT molecular complexity index is 857. The number of rotatable bonds is 5. The van der Waals surface area contributed by atoms with Gasteiger partial charge in [0.15, 0.2) is 0 Å². The van der Waals surface area contributed by atoms with E-state index in [2.05, 4.69) is 18.7 Å². The van der Waals surface area contributed by atoms with E-state index in [1.807, 2.05) is 41.3 Å². The van der Waals surface area contributed by atoms with E-state index in [1.165, 1.54) is 7.11 Å². The smallest absolute Gasteiger partial charge is 0.337 e. The van der Waals surface area contributed by atoms with Crippen LogP contribution in [0.25, 0.3) is 0 Å². The zero-order valence-corrected chi connectivity index (χ0v) is 17.9. The molecular formula is C23H27ClN2O3. The summed E-state index contributed by atoms with van der Waals surface area (Å²) in [7, 11) is 1.38. The summed E-state index contributed by atoms with van der Waals surface area (Å²) in [6.45, 7) is 6.60. The van der Waals surface area contributed by atoms with Gasteiger partial charge in [0.1, 0.15) is 0 Å². The second-order valence-electron chi connectivity index (χ2n) is 7.69. The van der Waals surface area contributed by atoms with Crippen molar-refractivity contribution < 1.29 is 14.3 Å². The summed E-state index contributed by atoms with van der Waals surface area (Å²) in [5.41, 5.74) is 2.63. The fraction of sp³-hybridized carbons (Fsp3) is 0.391. The fourth-order valence-electron chi connectivity index (χ4n) is 4.09. The number of nitrogens with zero attached hydrogens (tertiary/aromatic N) is 2. The number of carbonyl (C=O) groups excluding carboxylic acids is 2. The van der Waals surface area contributed by atoms with Crippen molar-refractivity contribution in [3.63, 3.8) is 0 Å². The van der Waals surface area contributed by atoms with Crippen molar-refractivity contribution in [2.75, 3.05) is 20.2 Å². The first kappa shape index (κ1) is 21.3. The molecule has 0 aliphatic carbocycles. The molecule has 1 saturated heterocycles. The van der Waals surface area contributed by atoms with Crippen LogP contribution in [0.4, 0.5) is 0 Å². The third-order valence-corrected chi connectivity index (χ3v) is 5.54. The highest BCUT2D eigenvalue weighted by Gasteiger charge is 2.32. The van der Waals surface area contributed by atoms with Crippen LogP contribution in [0.5, 0.6) is 0 Å². The summed E-state index contributed by atoms with van der Waals surface area (Å²) < 4.78 is 4.74. The maximum atomic E-state index is 12.9. The van der Waals surface area contributed by atoms with Crippen molar-refractivity contribution in [1.82, 2.24) is 9.80 Å². The van der Waals surface area contributed by atoms with Crippen LogP contribution in [-0.4, -0.2) is 54.0 Å². The molecule has 0 bridgehead atoms. The largest absolute Gasteiger partial charge is 0.465 e. The van der Waals surface area contributed by atoms with Crippen LogP contribution in [0.2, 0.25) is 5.02 Å². The van der Waals surface area contributed by atoms with Gasteiger partial charge in [0.25, 0.3) is 0 Å². The summed E-state index contributed by atoms with van der Waals surface area (Å²) >= 11 is 6.05. The third kappa shape index (κ3) is 5.37. The highest BCUT2D eigenvalue weighted by molar-refractivity contribution is 6.30. The van der Waals surface area contributed by atoms with Crippen LogP contribution in [0, 0.1) is 0 Å². The van der Waals surface area contributed by atoms with E-state index >= 15 is 0 Å². The number of halogens is 1. The molecule has 1 aliphatic heterocycles. The zero-order chi connectivity index (χ0) is 21.0. The molecule has 29 heavy (non-hydrogen) atoms.